The molecule has 0 fully saturated rings. The van der Waals surface area contributed by atoms with Gasteiger partial charge in [-0.25, -0.2) is 9.59 Å². The lowest BCUT2D eigenvalue weighted by molar-refractivity contribution is -0.144. The summed E-state index contributed by atoms with van der Waals surface area (Å²) in [5.41, 5.74) is 0.243. The minimum Gasteiger partial charge on any atom is -0.480 e. The second-order valence-corrected chi connectivity index (χ2v) is 6.21. The number of carbonyl (C=O) groups is 2. The van der Waals surface area contributed by atoms with E-state index in [0.29, 0.717) is 6.42 Å². The largest absolute Gasteiger partial charge is 0.480 e. The quantitative estimate of drug-likeness (QED) is 0.806. The molecule has 0 saturated carbocycles. The second kappa shape index (κ2) is 8.53. The summed E-state index contributed by atoms with van der Waals surface area (Å²) in [7, 11) is 0. The van der Waals surface area contributed by atoms with Gasteiger partial charge in [-0.2, -0.15) is 0 Å². The molecule has 6 nitrogen and oxygen atoms in total. The van der Waals surface area contributed by atoms with Gasteiger partial charge in [0.15, 0.2) is 6.04 Å². The molecule has 128 valence electrons. The highest BCUT2D eigenvalue weighted by atomic mass is 16.6. The minimum absolute atomic E-state index is 0.277. The third kappa shape index (κ3) is 7.15. The molecule has 1 amide bonds. The van der Waals surface area contributed by atoms with Crippen LogP contribution in [0.25, 0.3) is 0 Å². The first kappa shape index (κ1) is 19.0. The predicted molar refractivity (Wildman–Crippen MR) is 86.1 cm³/mol. The fourth-order valence-electron chi connectivity index (χ4n) is 1.98. The molecule has 0 spiro atoms. The van der Waals surface area contributed by atoms with Gasteiger partial charge in [0.1, 0.15) is 5.60 Å². The topological polar surface area (TPSA) is 84.9 Å². The molecule has 0 bridgehead atoms. The first-order valence-corrected chi connectivity index (χ1v) is 7.60. The van der Waals surface area contributed by atoms with Gasteiger partial charge in [0.05, 0.1) is 12.7 Å². The summed E-state index contributed by atoms with van der Waals surface area (Å²) < 4.78 is 10.8. The number of amides is 1. The van der Waals surface area contributed by atoms with E-state index < -0.39 is 29.8 Å². The lowest BCUT2D eigenvalue weighted by Crippen LogP contribution is -2.50. The molecule has 2 atom stereocenters. The van der Waals surface area contributed by atoms with Crippen LogP contribution in [0.3, 0.4) is 0 Å². The Bertz CT molecular complexity index is 509. The molecule has 6 heteroatoms. The third-order valence-corrected chi connectivity index (χ3v) is 3.02. The smallest absolute Gasteiger partial charge is 0.408 e. The maximum Gasteiger partial charge on any atom is 0.408 e. The van der Waals surface area contributed by atoms with Gasteiger partial charge in [-0.3, -0.25) is 0 Å². The molecule has 0 aliphatic carbocycles. The van der Waals surface area contributed by atoms with Gasteiger partial charge >= 0.3 is 12.1 Å². The van der Waals surface area contributed by atoms with Gasteiger partial charge in [-0.1, -0.05) is 37.3 Å². The highest BCUT2D eigenvalue weighted by molar-refractivity contribution is 5.80. The number of carboxylic acids is 1. The lowest BCUT2D eigenvalue weighted by Gasteiger charge is -2.26. The Hall–Kier alpha value is -2.08. The number of carbonyl (C=O) groups excluding carboxylic acids is 1. The molecule has 0 aliphatic rings. The SMILES string of the molecule is CC[C@@H](OCc1ccccc1)[C@H](NC(=O)OC(C)(C)C)C(=O)O. The first-order valence-electron chi connectivity index (χ1n) is 7.60. The Morgan fingerprint density at radius 2 is 1.83 bits per heavy atom. The van der Waals surface area contributed by atoms with E-state index in [0.717, 1.165) is 5.56 Å². The zero-order valence-electron chi connectivity index (χ0n) is 14.0. The van der Waals surface area contributed by atoms with Crippen molar-refractivity contribution in [3.8, 4) is 0 Å². The van der Waals surface area contributed by atoms with Crippen LogP contribution in [-0.4, -0.2) is 34.9 Å². The van der Waals surface area contributed by atoms with Crippen LogP contribution in [0, 0.1) is 0 Å². The summed E-state index contributed by atoms with van der Waals surface area (Å²) in [4.78, 5) is 23.3. The summed E-state index contributed by atoms with van der Waals surface area (Å²) in [6, 6.07) is 8.28. The number of nitrogens with one attached hydrogen (secondary N) is 1. The van der Waals surface area contributed by atoms with E-state index in [9.17, 15) is 14.7 Å². The van der Waals surface area contributed by atoms with Crippen molar-refractivity contribution in [1.29, 1.82) is 0 Å². The van der Waals surface area contributed by atoms with Crippen molar-refractivity contribution in [2.75, 3.05) is 0 Å². The first-order chi connectivity index (χ1) is 10.7. The summed E-state index contributed by atoms with van der Waals surface area (Å²) in [5.74, 6) is -1.16. The lowest BCUT2D eigenvalue weighted by atomic mass is 10.1. The molecule has 0 aromatic heterocycles. The molecule has 0 radical (unpaired) electrons. The average molecular weight is 323 g/mol. The molecule has 2 N–H and O–H groups in total. The standard InChI is InChI=1S/C17H25NO5/c1-5-13(22-11-12-9-7-6-8-10-12)14(15(19)20)18-16(21)23-17(2,3)4/h6-10,13-14H,5,11H2,1-4H3,(H,18,21)(H,19,20)/t13-,14+/m1/s1. The van der Waals surface area contributed by atoms with Crippen LogP contribution in [0.15, 0.2) is 30.3 Å². The maximum atomic E-state index is 11.8. The van der Waals surface area contributed by atoms with E-state index in [1.54, 1.807) is 20.8 Å². The Kier molecular flexibility index (Phi) is 7.03. The van der Waals surface area contributed by atoms with Crippen molar-refractivity contribution in [3.63, 3.8) is 0 Å². The van der Waals surface area contributed by atoms with E-state index in [-0.39, 0.29) is 6.61 Å². The predicted octanol–water partition coefficient (Wildman–Crippen LogP) is 2.96. The van der Waals surface area contributed by atoms with Gasteiger partial charge in [-0.05, 0) is 32.8 Å². The zero-order chi connectivity index (χ0) is 17.5. The second-order valence-electron chi connectivity index (χ2n) is 6.21. The zero-order valence-corrected chi connectivity index (χ0v) is 14.0. The van der Waals surface area contributed by atoms with Crippen LogP contribution in [0.1, 0.15) is 39.7 Å². The Morgan fingerprint density at radius 3 is 2.30 bits per heavy atom. The highest BCUT2D eigenvalue weighted by Crippen LogP contribution is 2.12. The van der Waals surface area contributed by atoms with E-state index in [4.69, 9.17) is 9.47 Å². The average Bonchev–Trinajstić information content (AvgIpc) is 2.45. The molecule has 1 aromatic carbocycles. The van der Waals surface area contributed by atoms with E-state index in [1.807, 2.05) is 37.3 Å². The van der Waals surface area contributed by atoms with Gasteiger partial charge < -0.3 is 19.9 Å². The van der Waals surface area contributed by atoms with Crippen molar-refractivity contribution in [2.45, 2.75) is 58.5 Å². The summed E-state index contributed by atoms with van der Waals surface area (Å²) in [6.45, 7) is 7.23. The Morgan fingerprint density at radius 1 is 1.22 bits per heavy atom. The number of ether oxygens (including phenoxy) is 2. The molecular formula is C17H25NO5. The molecule has 1 rings (SSSR count). The fraction of sp³-hybridized carbons (Fsp3) is 0.529. The molecule has 1 aromatic rings. The molecule has 0 heterocycles. The van der Waals surface area contributed by atoms with Gasteiger partial charge in [-0.15, -0.1) is 0 Å². The van der Waals surface area contributed by atoms with E-state index in [1.165, 1.54) is 0 Å². The number of alkyl carbamates (subject to hydrolysis) is 1. The minimum atomic E-state index is -1.17. The normalized spacial score (nSPS) is 13.9. The van der Waals surface area contributed by atoms with E-state index >= 15 is 0 Å². The number of benzene rings is 1. The fourth-order valence-corrected chi connectivity index (χ4v) is 1.98. The van der Waals surface area contributed by atoms with Gasteiger partial charge in [0.2, 0.25) is 0 Å². The van der Waals surface area contributed by atoms with Crippen molar-refractivity contribution in [1.82, 2.24) is 5.32 Å². The molecule has 0 aliphatic heterocycles. The monoisotopic (exact) mass is 323 g/mol. The highest BCUT2D eigenvalue weighted by Gasteiger charge is 2.31. The number of rotatable bonds is 7. The van der Waals surface area contributed by atoms with Crippen molar-refractivity contribution in [3.05, 3.63) is 35.9 Å². The summed E-state index contributed by atoms with van der Waals surface area (Å²) in [5, 5.41) is 11.7. The van der Waals surface area contributed by atoms with Crippen LogP contribution in [0.4, 0.5) is 4.79 Å². The third-order valence-electron chi connectivity index (χ3n) is 3.02. The van der Waals surface area contributed by atoms with Crippen molar-refractivity contribution < 1.29 is 24.2 Å². The van der Waals surface area contributed by atoms with Crippen LogP contribution < -0.4 is 5.32 Å². The van der Waals surface area contributed by atoms with E-state index in [2.05, 4.69) is 5.32 Å². The molecular weight excluding hydrogens is 298 g/mol. The van der Waals surface area contributed by atoms with Crippen LogP contribution >= 0.6 is 0 Å². The van der Waals surface area contributed by atoms with Crippen molar-refractivity contribution in [2.24, 2.45) is 0 Å². The number of aliphatic carboxylic acids is 1. The number of hydrogen-bond acceptors (Lipinski definition) is 4. The molecule has 23 heavy (non-hydrogen) atoms. The number of carboxylic acid groups (broad SMARTS) is 1. The van der Waals surface area contributed by atoms with Gasteiger partial charge in [0.25, 0.3) is 0 Å². The van der Waals surface area contributed by atoms with Crippen molar-refractivity contribution >= 4 is 12.1 Å². The Labute approximate surface area is 136 Å². The number of hydrogen-bond donors (Lipinski definition) is 2. The summed E-state index contributed by atoms with van der Waals surface area (Å²) >= 11 is 0. The Balaban J connectivity index is 2.68. The van der Waals surface area contributed by atoms with Gasteiger partial charge in [0, 0.05) is 0 Å². The maximum absolute atomic E-state index is 11.8. The molecule has 0 saturated heterocycles. The van der Waals surface area contributed by atoms with Crippen LogP contribution in [-0.2, 0) is 20.9 Å². The molecule has 0 unspecified atom stereocenters. The summed E-state index contributed by atoms with van der Waals surface area (Å²) in [6.07, 6.45) is -0.980. The van der Waals surface area contributed by atoms with Crippen LogP contribution in [0.5, 0.6) is 0 Å². The van der Waals surface area contributed by atoms with Crippen LogP contribution in [0.2, 0.25) is 0 Å².